The number of methoxy groups -OCH3 is 1. The average Bonchev–Trinajstić information content (AvgIpc) is 3.13. The summed E-state index contributed by atoms with van der Waals surface area (Å²) in [5.41, 5.74) is 1.12. The molecule has 0 spiro atoms. The molecule has 0 aliphatic carbocycles. The van der Waals surface area contributed by atoms with Crippen molar-refractivity contribution in [2.75, 3.05) is 38.3 Å². The molecule has 2 aromatic carbocycles. The van der Waals surface area contributed by atoms with Gasteiger partial charge in [-0.2, -0.15) is 0 Å². The molecule has 0 aromatic heterocycles. The van der Waals surface area contributed by atoms with E-state index in [0.717, 1.165) is 0 Å². The highest BCUT2D eigenvalue weighted by Gasteiger charge is 2.32. The maximum absolute atomic E-state index is 12.8. The van der Waals surface area contributed by atoms with Crippen LogP contribution < -0.4 is 9.64 Å². The SMILES string of the molecule is CCN(CC(=O)N1CC(=O)N(c2ccc(Cl)cc2)C1)C(=O)c1cccc(OC)c1. The van der Waals surface area contributed by atoms with Crippen molar-refractivity contribution in [1.29, 1.82) is 0 Å². The van der Waals surface area contributed by atoms with Crippen LogP contribution in [0.5, 0.6) is 5.75 Å². The summed E-state index contributed by atoms with van der Waals surface area (Å²) in [6.45, 7) is 2.19. The number of ether oxygens (including phenoxy) is 1. The van der Waals surface area contributed by atoms with Crippen LogP contribution in [0.4, 0.5) is 5.69 Å². The number of carbonyl (C=O) groups is 3. The number of anilines is 1. The van der Waals surface area contributed by atoms with E-state index in [-0.39, 0.29) is 37.5 Å². The smallest absolute Gasteiger partial charge is 0.254 e. The van der Waals surface area contributed by atoms with Crippen molar-refractivity contribution < 1.29 is 19.1 Å². The molecule has 3 rings (SSSR count). The van der Waals surface area contributed by atoms with Crippen LogP contribution in [0.1, 0.15) is 17.3 Å². The zero-order valence-electron chi connectivity index (χ0n) is 16.3. The monoisotopic (exact) mass is 415 g/mol. The molecule has 1 heterocycles. The van der Waals surface area contributed by atoms with Crippen LogP contribution in [0.2, 0.25) is 5.02 Å². The standard InChI is InChI=1S/C21H22ClN3O4/c1-3-23(21(28)15-5-4-6-18(11-15)29-2)12-19(26)24-13-20(27)25(14-24)17-9-7-16(22)8-10-17/h4-11H,3,12-14H2,1-2H3. The lowest BCUT2D eigenvalue weighted by Crippen LogP contribution is -2.42. The Morgan fingerprint density at radius 3 is 2.55 bits per heavy atom. The number of benzene rings is 2. The fourth-order valence-electron chi connectivity index (χ4n) is 3.09. The molecule has 0 radical (unpaired) electrons. The van der Waals surface area contributed by atoms with Gasteiger partial charge in [0.15, 0.2) is 0 Å². The number of likely N-dealkylation sites (N-methyl/N-ethyl adjacent to an activating group) is 1. The molecule has 1 aliphatic heterocycles. The van der Waals surface area contributed by atoms with Gasteiger partial charge in [0, 0.05) is 22.8 Å². The Morgan fingerprint density at radius 2 is 1.90 bits per heavy atom. The molecule has 0 N–H and O–H groups in total. The van der Waals surface area contributed by atoms with Gasteiger partial charge in [0.2, 0.25) is 11.8 Å². The van der Waals surface area contributed by atoms with Crippen LogP contribution in [0, 0.1) is 0 Å². The molecule has 152 valence electrons. The molecule has 8 heteroatoms. The van der Waals surface area contributed by atoms with Crippen LogP contribution >= 0.6 is 11.6 Å². The van der Waals surface area contributed by atoms with Gasteiger partial charge in [-0.25, -0.2) is 0 Å². The van der Waals surface area contributed by atoms with Gasteiger partial charge >= 0.3 is 0 Å². The normalized spacial score (nSPS) is 13.6. The summed E-state index contributed by atoms with van der Waals surface area (Å²) in [6, 6.07) is 13.7. The molecular formula is C21H22ClN3O4. The van der Waals surface area contributed by atoms with Gasteiger partial charge in [-0.1, -0.05) is 17.7 Å². The quantitative estimate of drug-likeness (QED) is 0.727. The molecule has 2 aromatic rings. The second-order valence-corrected chi connectivity index (χ2v) is 7.02. The lowest BCUT2D eigenvalue weighted by Gasteiger charge is -2.24. The summed E-state index contributed by atoms with van der Waals surface area (Å²) in [4.78, 5) is 42.3. The van der Waals surface area contributed by atoms with E-state index in [1.54, 1.807) is 55.5 Å². The number of nitrogens with zero attached hydrogens (tertiary/aromatic N) is 3. The molecule has 3 amide bonds. The lowest BCUT2D eigenvalue weighted by molar-refractivity contribution is -0.132. The zero-order chi connectivity index (χ0) is 21.0. The third-order valence-electron chi connectivity index (χ3n) is 4.74. The minimum absolute atomic E-state index is 0.0215. The molecule has 1 fully saturated rings. The summed E-state index contributed by atoms with van der Waals surface area (Å²) in [5, 5.41) is 0.572. The maximum atomic E-state index is 12.8. The first-order chi connectivity index (χ1) is 13.9. The van der Waals surface area contributed by atoms with Crippen molar-refractivity contribution in [3.8, 4) is 5.75 Å². The summed E-state index contributed by atoms with van der Waals surface area (Å²) in [7, 11) is 1.53. The highest BCUT2D eigenvalue weighted by Crippen LogP contribution is 2.22. The minimum Gasteiger partial charge on any atom is -0.497 e. The third kappa shape index (κ3) is 4.68. The van der Waals surface area contributed by atoms with Crippen molar-refractivity contribution in [3.05, 3.63) is 59.1 Å². The van der Waals surface area contributed by atoms with Crippen molar-refractivity contribution in [2.24, 2.45) is 0 Å². The Morgan fingerprint density at radius 1 is 1.17 bits per heavy atom. The minimum atomic E-state index is -0.284. The second kappa shape index (κ2) is 8.96. The fourth-order valence-corrected chi connectivity index (χ4v) is 3.22. The van der Waals surface area contributed by atoms with E-state index < -0.39 is 0 Å². The molecule has 7 nitrogen and oxygen atoms in total. The van der Waals surface area contributed by atoms with E-state index in [1.807, 2.05) is 0 Å². The number of halogens is 1. The second-order valence-electron chi connectivity index (χ2n) is 6.58. The van der Waals surface area contributed by atoms with Gasteiger partial charge in [0.05, 0.1) is 7.11 Å². The van der Waals surface area contributed by atoms with E-state index in [1.165, 1.54) is 21.8 Å². The summed E-state index contributed by atoms with van der Waals surface area (Å²) >= 11 is 5.89. The van der Waals surface area contributed by atoms with Crippen molar-refractivity contribution in [2.45, 2.75) is 6.92 Å². The fraction of sp³-hybridized carbons (Fsp3) is 0.286. The van der Waals surface area contributed by atoms with Gasteiger partial charge in [0.25, 0.3) is 5.91 Å². The molecule has 1 saturated heterocycles. The van der Waals surface area contributed by atoms with E-state index >= 15 is 0 Å². The molecule has 0 unspecified atom stereocenters. The Kier molecular flexibility index (Phi) is 6.39. The number of rotatable bonds is 6. The first-order valence-corrected chi connectivity index (χ1v) is 9.57. The largest absolute Gasteiger partial charge is 0.497 e. The average molecular weight is 416 g/mol. The van der Waals surface area contributed by atoms with Crippen LogP contribution in [0.15, 0.2) is 48.5 Å². The van der Waals surface area contributed by atoms with E-state index in [2.05, 4.69) is 0 Å². The summed E-state index contributed by atoms with van der Waals surface area (Å²) in [6.07, 6.45) is 0. The third-order valence-corrected chi connectivity index (χ3v) is 4.99. The predicted octanol–water partition coefficient (Wildman–Crippen LogP) is 2.64. The Labute approximate surface area is 174 Å². The van der Waals surface area contributed by atoms with Gasteiger partial charge in [0.1, 0.15) is 25.5 Å². The first-order valence-electron chi connectivity index (χ1n) is 9.20. The van der Waals surface area contributed by atoms with Crippen molar-refractivity contribution in [3.63, 3.8) is 0 Å². The van der Waals surface area contributed by atoms with Gasteiger partial charge < -0.3 is 14.5 Å². The molecular weight excluding hydrogens is 394 g/mol. The number of hydrogen-bond donors (Lipinski definition) is 0. The molecule has 0 saturated carbocycles. The topological polar surface area (TPSA) is 70.2 Å². The van der Waals surface area contributed by atoms with Gasteiger partial charge in [-0.3, -0.25) is 19.3 Å². The molecule has 29 heavy (non-hydrogen) atoms. The molecule has 1 aliphatic rings. The van der Waals surface area contributed by atoms with E-state index in [0.29, 0.717) is 28.6 Å². The van der Waals surface area contributed by atoms with Crippen LogP contribution in [-0.4, -0.2) is 60.9 Å². The lowest BCUT2D eigenvalue weighted by atomic mass is 10.2. The van der Waals surface area contributed by atoms with Crippen LogP contribution in [0.3, 0.4) is 0 Å². The maximum Gasteiger partial charge on any atom is 0.254 e. The summed E-state index contributed by atoms with van der Waals surface area (Å²) in [5.74, 6) is -0.155. The van der Waals surface area contributed by atoms with Crippen molar-refractivity contribution >= 4 is 35.0 Å². The van der Waals surface area contributed by atoms with Crippen LogP contribution in [0.25, 0.3) is 0 Å². The molecule has 0 bridgehead atoms. The highest BCUT2D eigenvalue weighted by atomic mass is 35.5. The van der Waals surface area contributed by atoms with E-state index in [4.69, 9.17) is 16.3 Å². The number of carbonyl (C=O) groups excluding carboxylic acids is 3. The Bertz CT molecular complexity index is 916. The highest BCUT2D eigenvalue weighted by molar-refractivity contribution is 6.30. The van der Waals surface area contributed by atoms with Crippen molar-refractivity contribution in [1.82, 2.24) is 9.80 Å². The van der Waals surface area contributed by atoms with Gasteiger partial charge in [-0.05, 0) is 49.4 Å². The van der Waals surface area contributed by atoms with Crippen LogP contribution in [-0.2, 0) is 9.59 Å². The number of amides is 3. The Balaban J connectivity index is 1.67. The van der Waals surface area contributed by atoms with Gasteiger partial charge in [-0.15, -0.1) is 0 Å². The zero-order valence-corrected chi connectivity index (χ0v) is 17.1. The Hall–Kier alpha value is -3.06. The summed E-state index contributed by atoms with van der Waals surface area (Å²) < 4.78 is 5.16. The molecule has 0 atom stereocenters. The number of hydrogen-bond acceptors (Lipinski definition) is 4. The first kappa shape index (κ1) is 20.7. The van der Waals surface area contributed by atoms with E-state index in [9.17, 15) is 14.4 Å². The predicted molar refractivity (Wildman–Crippen MR) is 110 cm³/mol.